The van der Waals surface area contributed by atoms with Crippen LogP contribution in [0.4, 0.5) is 5.69 Å². The lowest BCUT2D eigenvalue weighted by molar-refractivity contribution is 0.164. The second-order valence-corrected chi connectivity index (χ2v) is 4.63. The van der Waals surface area contributed by atoms with E-state index in [1.165, 1.54) is 11.3 Å². The summed E-state index contributed by atoms with van der Waals surface area (Å²) in [6.07, 6.45) is 0.621. The number of para-hydroxylation sites is 1. The summed E-state index contributed by atoms with van der Waals surface area (Å²) in [6.45, 7) is 4.81. The molecule has 0 saturated carbocycles. The first-order valence-corrected chi connectivity index (χ1v) is 5.90. The zero-order valence-electron chi connectivity index (χ0n) is 9.93. The Bertz CT molecular complexity index is 365. The van der Waals surface area contributed by atoms with Crippen LogP contribution in [0, 0.1) is 0 Å². The molecule has 16 heavy (non-hydrogen) atoms. The molecule has 0 fully saturated rings. The normalized spacial score (nSPS) is 23.8. The lowest BCUT2D eigenvalue weighted by atomic mass is 9.95. The monoisotopic (exact) mass is 220 g/mol. The summed E-state index contributed by atoms with van der Waals surface area (Å²) in [5.74, 6) is 0. The van der Waals surface area contributed by atoms with Crippen LogP contribution >= 0.6 is 0 Å². The van der Waals surface area contributed by atoms with Gasteiger partial charge in [-0.05, 0) is 31.9 Å². The number of nitrogens with zero attached hydrogens (tertiary/aromatic N) is 1. The van der Waals surface area contributed by atoms with E-state index in [4.69, 9.17) is 5.73 Å². The average Bonchev–Trinajstić information content (AvgIpc) is 2.29. The minimum Gasteiger partial charge on any atom is -0.391 e. The van der Waals surface area contributed by atoms with Gasteiger partial charge in [0.25, 0.3) is 0 Å². The van der Waals surface area contributed by atoms with Gasteiger partial charge in [0.1, 0.15) is 0 Å². The van der Waals surface area contributed by atoms with Crippen molar-refractivity contribution in [1.29, 1.82) is 0 Å². The molecule has 0 bridgehead atoms. The molecule has 0 spiro atoms. The number of rotatable bonds is 2. The van der Waals surface area contributed by atoms with Crippen molar-refractivity contribution in [2.24, 2.45) is 5.73 Å². The Hall–Kier alpha value is -1.06. The molecule has 1 aromatic carbocycles. The highest BCUT2D eigenvalue weighted by Crippen LogP contribution is 2.33. The Balaban J connectivity index is 2.34. The first-order chi connectivity index (χ1) is 7.61. The molecule has 3 nitrogen and oxygen atoms in total. The number of hydrogen-bond donors (Lipinski definition) is 2. The highest BCUT2D eigenvalue weighted by atomic mass is 16.3. The van der Waals surface area contributed by atoms with Crippen molar-refractivity contribution in [2.75, 3.05) is 11.4 Å². The van der Waals surface area contributed by atoms with Crippen LogP contribution in [0.5, 0.6) is 0 Å². The molecular formula is C13H20N2O. The SMILES string of the molecule is CC(O)C(C)N1CCC(N)c2ccccc21. The predicted molar refractivity (Wildman–Crippen MR) is 66.5 cm³/mol. The number of hydrogen-bond acceptors (Lipinski definition) is 3. The van der Waals surface area contributed by atoms with Crippen molar-refractivity contribution in [3.8, 4) is 0 Å². The lowest BCUT2D eigenvalue weighted by Crippen LogP contribution is -2.44. The van der Waals surface area contributed by atoms with Gasteiger partial charge in [0.15, 0.2) is 0 Å². The van der Waals surface area contributed by atoms with Gasteiger partial charge in [-0.25, -0.2) is 0 Å². The number of nitrogens with two attached hydrogens (primary N) is 1. The summed E-state index contributed by atoms with van der Waals surface area (Å²) in [5.41, 5.74) is 8.47. The second kappa shape index (κ2) is 4.44. The van der Waals surface area contributed by atoms with Crippen LogP contribution in [-0.4, -0.2) is 23.8 Å². The molecular weight excluding hydrogens is 200 g/mol. The van der Waals surface area contributed by atoms with E-state index < -0.39 is 0 Å². The van der Waals surface area contributed by atoms with Crippen molar-refractivity contribution in [3.63, 3.8) is 0 Å². The molecule has 2 rings (SSSR count). The minimum atomic E-state index is -0.331. The molecule has 88 valence electrons. The maximum Gasteiger partial charge on any atom is 0.0712 e. The maximum absolute atomic E-state index is 9.69. The highest BCUT2D eigenvalue weighted by molar-refractivity contribution is 5.57. The van der Waals surface area contributed by atoms with E-state index in [0.29, 0.717) is 0 Å². The lowest BCUT2D eigenvalue weighted by Gasteiger charge is -2.39. The number of aliphatic hydroxyl groups excluding tert-OH is 1. The van der Waals surface area contributed by atoms with Crippen molar-refractivity contribution >= 4 is 5.69 Å². The Morgan fingerprint density at radius 1 is 1.38 bits per heavy atom. The van der Waals surface area contributed by atoms with Crippen LogP contribution in [0.25, 0.3) is 0 Å². The highest BCUT2D eigenvalue weighted by Gasteiger charge is 2.27. The molecule has 0 radical (unpaired) electrons. The molecule has 3 N–H and O–H groups in total. The molecule has 1 aliphatic rings. The molecule has 3 heteroatoms. The largest absolute Gasteiger partial charge is 0.391 e. The standard InChI is InChI=1S/C13H20N2O/c1-9(10(2)16)15-8-7-12(14)11-5-3-4-6-13(11)15/h3-6,9-10,12,16H,7-8,14H2,1-2H3. The number of fused-ring (bicyclic) bond motifs is 1. The quantitative estimate of drug-likeness (QED) is 0.797. The molecule has 3 atom stereocenters. The molecule has 1 heterocycles. The Kier molecular flexibility index (Phi) is 3.17. The fourth-order valence-corrected chi connectivity index (χ4v) is 2.30. The van der Waals surface area contributed by atoms with Gasteiger partial charge in [-0.3, -0.25) is 0 Å². The van der Waals surface area contributed by atoms with Gasteiger partial charge < -0.3 is 15.7 Å². The summed E-state index contributed by atoms with van der Waals surface area (Å²) in [7, 11) is 0. The Morgan fingerprint density at radius 2 is 2.06 bits per heavy atom. The van der Waals surface area contributed by atoms with Crippen molar-refractivity contribution in [2.45, 2.75) is 38.5 Å². The van der Waals surface area contributed by atoms with E-state index in [1.807, 2.05) is 19.1 Å². The van der Waals surface area contributed by atoms with Gasteiger partial charge >= 0.3 is 0 Å². The Labute approximate surface area is 96.9 Å². The second-order valence-electron chi connectivity index (χ2n) is 4.63. The van der Waals surface area contributed by atoms with Gasteiger partial charge in [0, 0.05) is 18.3 Å². The van der Waals surface area contributed by atoms with E-state index >= 15 is 0 Å². The fourth-order valence-electron chi connectivity index (χ4n) is 2.30. The van der Waals surface area contributed by atoms with E-state index in [1.54, 1.807) is 0 Å². The predicted octanol–water partition coefficient (Wildman–Crippen LogP) is 1.67. The smallest absolute Gasteiger partial charge is 0.0712 e. The Morgan fingerprint density at radius 3 is 2.75 bits per heavy atom. The average molecular weight is 220 g/mol. The van der Waals surface area contributed by atoms with Crippen LogP contribution in [0.2, 0.25) is 0 Å². The molecule has 0 saturated heterocycles. The van der Waals surface area contributed by atoms with Crippen molar-refractivity contribution in [1.82, 2.24) is 0 Å². The first-order valence-electron chi connectivity index (χ1n) is 5.90. The van der Waals surface area contributed by atoms with Crippen molar-refractivity contribution in [3.05, 3.63) is 29.8 Å². The van der Waals surface area contributed by atoms with Gasteiger partial charge in [-0.2, -0.15) is 0 Å². The fraction of sp³-hybridized carbons (Fsp3) is 0.538. The van der Waals surface area contributed by atoms with E-state index in [9.17, 15) is 5.11 Å². The molecule has 1 aromatic rings. The number of aliphatic hydroxyl groups is 1. The van der Waals surface area contributed by atoms with Gasteiger partial charge in [0.05, 0.1) is 12.1 Å². The number of benzene rings is 1. The third-order valence-electron chi connectivity index (χ3n) is 3.52. The molecule has 0 aliphatic carbocycles. The van der Waals surface area contributed by atoms with E-state index in [0.717, 1.165) is 13.0 Å². The first kappa shape index (κ1) is 11.4. The summed E-state index contributed by atoms with van der Waals surface area (Å²) in [6, 6.07) is 8.49. The maximum atomic E-state index is 9.69. The summed E-state index contributed by atoms with van der Waals surface area (Å²) in [4.78, 5) is 2.25. The van der Waals surface area contributed by atoms with E-state index in [2.05, 4.69) is 24.0 Å². The number of anilines is 1. The van der Waals surface area contributed by atoms with Gasteiger partial charge in [-0.1, -0.05) is 18.2 Å². The molecule has 0 amide bonds. The molecule has 0 aromatic heterocycles. The van der Waals surface area contributed by atoms with Gasteiger partial charge in [-0.15, -0.1) is 0 Å². The van der Waals surface area contributed by atoms with E-state index in [-0.39, 0.29) is 18.2 Å². The van der Waals surface area contributed by atoms with Gasteiger partial charge in [0.2, 0.25) is 0 Å². The van der Waals surface area contributed by atoms with Crippen LogP contribution in [0.15, 0.2) is 24.3 Å². The minimum absolute atomic E-state index is 0.133. The zero-order valence-corrected chi connectivity index (χ0v) is 9.93. The summed E-state index contributed by atoms with van der Waals surface area (Å²) >= 11 is 0. The van der Waals surface area contributed by atoms with Crippen molar-refractivity contribution < 1.29 is 5.11 Å². The van der Waals surface area contributed by atoms with Crippen LogP contribution in [0.1, 0.15) is 31.9 Å². The van der Waals surface area contributed by atoms with Crippen LogP contribution in [-0.2, 0) is 0 Å². The van der Waals surface area contributed by atoms with Crippen LogP contribution in [0.3, 0.4) is 0 Å². The molecule has 3 unspecified atom stereocenters. The third-order valence-corrected chi connectivity index (χ3v) is 3.52. The zero-order chi connectivity index (χ0) is 11.7. The third kappa shape index (κ3) is 1.93. The van der Waals surface area contributed by atoms with Crippen LogP contribution < -0.4 is 10.6 Å². The summed E-state index contributed by atoms with van der Waals surface area (Å²) in [5, 5.41) is 9.69. The topological polar surface area (TPSA) is 49.5 Å². The molecule has 1 aliphatic heterocycles. The summed E-state index contributed by atoms with van der Waals surface area (Å²) < 4.78 is 0.